The molecule has 24 N–H and O–H groups in total. The standard InChI is InChI=1S/C46H79N2O39P/c1-10(53)47-19-26(60)36(14(5-51)77-40(19)70)84-41-20(48-11(2)54)27(61)37(15(6-52)80-41)85-45-35(69)38(86-43-33(67)28(62)21(55)12(3-49)78-43)25(59)17(82-45)8-74-42-32(66)29(63)23(57)16(81-42)7-75-46-39(31(65)22(56)13(4-50)79-46)87-44-34(68)30(64)24(58)18(83-44)9-76-88(71,72)73/h12-46,49-52,55-70H,3-9H2,1-2H3,(H,47,53)(H,48,54)(H2,71,72,73)/t12-,13-,14-,15-,16-,17-,18-,19-,20-,21-,22-,23-,24-,25-,26-,27-,28+,29+,30+,31+,32+,33+,34+,35+,36-,37-,38+,39+,40-,41+,42+,43-,44+,45+,46+/m1/s1. The van der Waals surface area contributed by atoms with Crippen molar-refractivity contribution in [1.29, 1.82) is 0 Å². The number of ether oxygens (including phenoxy) is 13. The normalized spacial score (nSPS) is 48.8. The van der Waals surface area contributed by atoms with Gasteiger partial charge in [-0.1, -0.05) is 0 Å². The van der Waals surface area contributed by atoms with E-state index in [1.165, 1.54) is 0 Å². The Morgan fingerprint density at radius 1 is 0.352 bits per heavy atom. The first kappa shape index (κ1) is 73.1. The molecule has 512 valence electrons. The third-order valence-electron chi connectivity index (χ3n) is 15.5. The first-order valence-electron chi connectivity index (χ1n) is 27.4. The van der Waals surface area contributed by atoms with Crippen LogP contribution in [0.3, 0.4) is 0 Å². The zero-order valence-corrected chi connectivity index (χ0v) is 47.3. The lowest BCUT2D eigenvalue weighted by atomic mass is 9.94. The summed E-state index contributed by atoms with van der Waals surface area (Å²) in [6, 6.07) is -3.37. The molecule has 0 radical (unpaired) electrons. The number of phosphoric ester groups is 1. The minimum absolute atomic E-state index is 0.743. The summed E-state index contributed by atoms with van der Waals surface area (Å²) in [5.41, 5.74) is 0. The molecule has 88 heavy (non-hydrogen) atoms. The van der Waals surface area contributed by atoms with Gasteiger partial charge < -0.3 is 184 Å². The molecule has 7 heterocycles. The maximum absolute atomic E-state index is 12.6. The van der Waals surface area contributed by atoms with Gasteiger partial charge in [-0.25, -0.2) is 4.57 Å². The molecule has 7 saturated heterocycles. The average Bonchev–Trinajstić information content (AvgIpc) is 0.892. The molecule has 0 aromatic rings. The van der Waals surface area contributed by atoms with Gasteiger partial charge in [0.2, 0.25) is 11.8 Å². The highest BCUT2D eigenvalue weighted by molar-refractivity contribution is 7.46. The lowest BCUT2D eigenvalue weighted by molar-refractivity contribution is -0.385. The van der Waals surface area contributed by atoms with Crippen LogP contribution in [-0.4, -0.2) is 385 Å². The quantitative estimate of drug-likeness (QED) is 0.0422. The summed E-state index contributed by atoms with van der Waals surface area (Å²) in [5, 5.41) is 221. The Hall–Kier alpha value is -2.27. The van der Waals surface area contributed by atoms with Crippen molar-refractivity contribution >= 4 is 19.6 Å². The van der Waals surface area contributed by atoms with Gasteiger partial charge in [-0.15, -0.1) is 0 Å². The Labute approximate surface area is 496 Å². The van der Waals surface area contributed by atoms with E-state index in [0.717, 1.165) is 13.8 Å². The summed E-state index contributed by atoms with van der Waals surface area (Å²) < 4.78 is 89.8. The van der Waals surface area contributed by atoms with Crippen molar-refractivity contribution in [1.82, 2.24) is 10.6 Å². The molecule has 35 atom stereocenters. The minimum atomic E-state index is -5.21. The number of rotatable bonds is 23. The molecule has 0 unspecified atom stereocenters. The zero-order chi connectivity index (χ0) is 65.1. The summed E-state index contributed by atoms with van der Waals surface area (Å²) in [6.45, 7) is -5.11. The number of aliphatic hydroxyl groups excluding tert-OH is 20. The number of carbonyl (C=O) groups is 2. The highest BCUT2D eigenvalue weighted by Gasteiger charge is 2.58. The average molecular weight is 1320 g/mol. The number of nitrogens with one attached hydrogen (secondary N) is 2. The van der Waals surface area contributed by atoms with Crippen LogP contribution in [0.15, 0.2) is 0 Å². The van der Waals surface area contributed by atoms with Gasteiger partial charge in [-0.2, -0.15) is 0 Å². The molecular formula is C46H79N2O39P. The van der Waals surface area contributed by atoms with Crippen molar-refractivity contribution < 1.29 is 192 Å². The van der Waals surface area contributed by atoms with Crippen LogP contribution in [0, 0.1) is 0 Å². The summed E-state index contributed by atoms with van der Waals surface area (Å²) in [5.74, 6) is -1.61. The second-order valence-corrected chi connectivity index (χ2v) is 23.0. The van der Waals surface area contributed by atoms with E-state index in [2.05, 4.69) is 15.2 Å². The molecule has 7 aliphatic heterocycles. The number of phosphoric acid groups is 1. The fourth-order valence-electron chi connectivity index (χ4n) is 10.7. The smallest absolute Gasteiger partial charge is 0.394 e. The summed E-state index contributed by atoms with van der Waals surface area (Å²) in [4.78, 5) is 42.9. The Morgan fingerprint density at radius 3 is 1.22 bits per heavy atom. The molecule has 0 aromatic heterocycles. The van der Waals surface area contributed by atoms with Crippen molar-refractivity contribution in [3.8, 4) is 0 Å². The summed E-state index contributed by atoms with van der Waals surface area (Å²) >= 11 is 0. The first-order chi connectivity index (χ1) is 41.4. The van der Waals surface area contributed by atoms with Gasteiger partial charge in [0.1, 0.15) is 171 Å². The zero-order valence-electron chi connectivity index (χ0n) is 46.4. The summed E-state index contributed by atoms with van der Waals surface area (Å²) in [6.07, 6.45) is -66.5. The number of hydrogen-bond donors (Lipinski definition) is 24. The SMILES string of the molecule is CC(=O)N[C@@H]1[C@@H](O)[C@H](O[C@@H]2O[C@H](CO)[C@@H](O[C@@H]3O[C@H](CO[C@H]4O[C@H](CO[C@H]5O[C@H](CO)[C@@H](O)[C@H](O)[C@@H]5O[C@@H]5O[C@H](COP(=O)(O)O)[C@@H](O)[C@H](O)[C@@H]5O)[C@@H](O)[C@H](O)[C@@H]4O)[C@@H](O)[C@H](O[C@H]4O[C@H](CO)[C@@H](O)[C@H](O)[C@@H]4O)[C@@H]3O)[C@H](O)[C@H]2NC(C)=O)[C@@H](CO)O[C@H]1O. The molecule has 0 spiro atoms. The summed E-state index contributed by atoms with van der Waals surface area (Å²) in [7, 11) is -5.21. The number of aliphatic hydroxyl groups is 20. The largest absolute Gasteiger partial charge is 0.469 e. The van der Waals surface area contributed by atoms with Crippen LogP contribution in [-0.2, 0) is 80.3 Å². The van der Waals surface area contributed by atoms with Gasteiger partial charge in [-0.05, 0) is 0 Å². The predicted octanol–water partition coefficient (Wildman–Crippen LogP) is -15.9. The number of hydrogen-bond acceptors (Lipinski definition) is 37. The predicted molar refractivity (Wildman–Crippen MR) is 266 cm³/mol. The molecule has 0 aliphatic carbocycles. The molecule has 7 aliphatic rings. The minimum Gasteiger partial charge on any atom is -0.394 e. The van der Waals surface area contributed by atoms with E-state index in [0.29, 0.717) is 0 Å². The van der Waals surface area contributed by atoms with E-state index < -0.39 is 281 Å². The Balaban J connectivity index is 1.10. The maximum atomic E-state index is 12.6. The molecule has 7 fully saturated rings. The van der Waals surface area contributed by atoms with Gasteiger partial charge in [0.05, 0.1) is 46.2 Å². The molecule has 2 amide bonds. The Bertz CT molecular complexity index is 2250. The van der Waals surface area contributed by atoms with E-state index >= 15 is 0 Å². The van der Waals surface area contributed by atoms with Crippen LogP contribution in [0.1, 0.15) is 13.8 Å². The molecule has 0 saturated carbocycles. The van der Waals surface area contributed by atoms with Gasteiger partial charge in [-0.3, -0.25) is 14.1 Å². The lowest BCUT2D eigenvalue weighted by Crippen LogP contribution is -2.70. The molecule has 0 bridgehead atoms. The highest BCUT2D eigenvalue weighted by atomic mass is 31.2. The maximum Gasteiger partial charge on any atom is 0.469 e. The van der Waals surface area contributed by atoms with E-state index in [9.17, 15) is 116 Å². The first-order valence-corrected chi connectivity index (χ1v) is 28.9. The van der Waals surface area contributed by atoms with Crippen molar-refractivity contribution in [3.05, 3.63) is 0 Å². The Kier molecular flexibility index (Phi) is 26.0. The van der Waals surface area contributed by atoms with Crippen LogP contribution in [0.25, 0.3) is 0 Å². The second kappa shape index (κ2) is 31.3. The van der Waals surface area contributed by atoms with Crippen LogP contribution in [0.5, 0.6) is 0 Å². The topological polar surface area (TPSA) is 650 Å². The fourth-order valence-corrected chi connectivity index (χ4v) is 11.1. The molecule has 41 nitrogen and oxygen atoms in total. The number of carbonyl (C=O) groups excluding carboxylic acids is 2. The van der Waals surface area contributed by atoms with Gasteiger partial charge in [0, 0.05) is 13.8 Å². The molecule has 0 aromatic carbocycles. The number of amides is 2. The molecular weight excluding hydrogens is 1240 g/mol. The molecule has 42 heteroatoms. The van der Waals surface area contributed by atoms with E-state index in [-0.39, 0.29) is 0 Å². The van der Waals surface area contributed by atoms with Gasteiger partial charge in [0.25, 0.3) is 0 Å². The molecule has 7 rings (SSSR count). The monoisotopic (exact) mass is 1310 g/mol. The van der Waals surface area contributed by atoms with Crippen LogP contribution < -0.4 is 10.6 Å². The van der Waals surface area contributed by atoms with Crippen LogP contribution in [0.2, 0.25) is 0 Å². The Morgan fingerprint density at radius 2 is 0.705 bits per heavy atom. The highest BCUT2D eigenvalue weighted by Crippen LogP contribution is 2.39. The second-order valence-electron chi connectivity index (χ2n) is 21.7. The van der Waals surface area contributed by atoms with E-state index in [1.54, 1.807) is 0 Å². The van der Waals surface area contributed by atoms with Gasteiger partial charge >= 0.3 is 7.82 Å². The third-order valence-corrected chi connectivity index (χ3v) is 16.0. The van der Waals surface area contributed by atoms with Crippen molar-refractivity contribution in [2.75, 3.05) is 46.2 Å². The van der Waals surface area contributed by atoms with Crippen molar-refractivity contribution in [3.63, 3.8) is 0 Å². The van der Waals surface area contributed by atoms with E-state index in [1.807, 2.05) is 0 Å². The van der Waals surface area contributed by atoms with Crippen molar-refractivity contribution in [2.24, 2.45) is 0 Å². The third kappa shape index (κ3) is 16.6. The van der Waals surface area contributed by atoms with Crippen LogP contribution in [0.4, 0.5) is 0 Å². The lowest BCUT2D eigenvalue weighted by Gasteiger charge is -2.50. The fraction of sp³-hybridized carbons (Fsp3) is 0.957. The van der Waals surface area contributed by atoms with E-state index in [4.69, 9.17) is 71.4 Å². The van der Waals surface area contributed by atoms with Crippen LogP contribution >= 0.6 is 7.82 Å². The van der Waals surface area contributed by atoms with Crippen molar-refractivity contribution in [2.45, 2.75) is 229 Å². The van der Waals surface area contributed by atoms with Gasteiger partial charge in [0.15, 0.2) is 44.0 Å².